The summed E-state index contributed by atoms with van der Waals surface area (Å²) < 4.78 is 5.21. The van der Waals surface area contributed by atoms with Crippen molar-refractivity contribution in [3.63, 3.8) is 0 Å². The molecule has 0 aromatic heterocycles. The van der Waals surface area contributed by atoms with E-state index in [-0.39, 0.29) is 6.61 Å². The minimum Gasteiger partial charge on any atom is -0.484 e. The summed E-state index contributed by atoms with van der Waals surface area (Å²) in [4.78, 5) is 10.6. The lowest BCUT2D eigenvalue weighted by molar-refractivity contribution is -0.119. The van der Waals surface area contributed by atoms with Crippen molar-refractivity contribution >= 4 is 17.7 Å². The molecule has 1 amide bonds. The fourth-order valence-corrected chi connectivity index (χ4v) is 2.40. The first-order valence-corrected chi connectivity index (χ1v) is 7.77. The van der Waals surface area contributed by atoms with Gasteiger partial charge < -0.3 is 15.8 Å². The lowest BCUT2D eigenvalue weighted by Crippen LogP contribution is -2.30. The van der Waals surface area contributed by atoms with Gasteiger partial charge in [0.05, 0.1) is 0 Å². The van der Waals surface area contributed by atoms with Gasteiger partial charge in [0.15, 0.2) is 6.61 Å². The van der Waals surface area contributed by atoms with Crippen molar-refractivity contribution < 1.29 is 9.53 Å². The Bertz CT molecular complexity index is 382. The number of amides is 1. The summed E-state index contributed by atoms with van der Waals surface area (Å²) in [6.07, 6.45) is 3.25. The lowest BCUT2D eigenvalue weighted by atomic mass is 10.2. The number of primary amides is 1. The Morgan fingerprint density at radius 3 is 2.63 bits per heavy atom. The van der Waals surface area contributed by atoms with Crippen molar-refractivity contribution in [3.8, 4) is 5.75 Å². The fourth-order valence-electron chi connectivity index (χ4n) is 1.64. The van der Waals surface area contributed by atoms with Crippen molar-refractivity contribution in [2.45, 2.75) is 25.9 Å². The topological polar surface area (TPSA) is 64.3 Å². The molecule has 0 saturated carbocycles. The van der Waals surface area contributed by atoms with E-state index in [1.54, 1.807) is 0 Å². The summed E-state index contributed by atoms with van der Waals surface area (Å²) in [5, 5.41) is 3.52. The molecule has 0 heterocycles. The van der Waals surface area contributed by atoms with Crippen LogP contribution in [0, 0.1) is 0 Å². The predicted molar refractivity (Wildman–Crippen MR) is 80.4 cm³/mol. The molecule has 0 fully saturated rings. The molecule has 0 aliphatic heterocycles. The normalized spacial score (nSPS) is 12.1. The third-order valence-electron chi connectivity index (χ3n) is 2.76. The van der Waals surface area contributed by atoms with E-state index in [0.717, 1.165) is 18.7 Å². The second-order valence-electron chi connectivity index (χ2n) is 4.34. The molecule has 0 spiro atoms. The Hall–Kier alpha value is -1.20. The minimum absolute atomic E-state index is 0.0801. The van der Waals surface area contributed by atoms with Crippen LogP contribution in [-0.2, 0) is 11.3 Å². The SMILES string of the molecule is CCC(CSC)NCc1ccc(OCC(N)=O)cc1. The predicted octanol–water partition coefficient (Wildman–Crippen LogP) is 1.78. The van der Waals surface area contributed by atoms with Crippen molar-refractivity contribution in [2.24, 2.45) is 5.73 Å². The molecular formula is C14H22N2O2S. The Morgan fingerprint density at radius 2 is 2.11 bits per heavy atom. The average Bonchev–Trinajstić information content (AvgIpc) is 2.42. The molecule has 106 valence electrons. The van der Waals surface area contributed by atoms with Crippen LogP contribution in [0.3, 0.4) is 0 Å². The van der Waals surface area contributed by atoms with Gasteiger partial charge in [0, 0.05) is 18.3 Å². The molecule has 0 radical (unpaired) electrons. The van der Waals surface area contributed by atoms with Crippen LogP contribution in [0.25, 0.3) is 0 Å². The monoisotopic (exact) mass is 282 g/mol. The zero-order valence-electron chi connectivity index (χ0n) is 11.5. The zero-order valence-corrected chi connectivity index (χ0v) is 12.3. The van der Waals surface area contributed by atoms with Gasteiger partial charge in [-0.1, -0.05) is 19.1 Å². The van der Waals surface area contributed by atoms with Crippen LogP contribution in [0.1, 0.15) is 18.9 Å². The summed E-state index contributed by atoms with van der Waals surface area (Å²) in [7, 11) is 0. The maximum Gasteiger partial charge on any atom is 0.255 e. The first-order valence-electron chi connectivity index (χ1n) is 6.38. The fraction of sp³-hybridized carbons (Fsp3) is 0.500. The Morgan fingerprint density at radius 1 is 1.42 bits per heavy atom. The molecule has 1 aromatic rings. The molecule has 1 aromatic carbocycles. The number of carbonyl (C=O) groups is 1. The molecular weight excluding hydrogens is 260 g/mol. The van der Waals surface area contributed by atoms with E-state index < -0.39 is 5.91 Å². The molecule has 0 saturated heterocycles. The highest BCUT2D eigenvalue weighted by Crippen LogP contribution is 2.12. The van der Waals surface area contributed by atoms with E-state index in [4.69, 9.17) is 10.5 Å². The van der Waals surface area contributed by atoms with Gasteiger partial charge >= 0.3 is 0 Å². The van der Waals surface area contributed by atoms with Crippen molar-refractivity contribution in [2.75, 3.05) is 18.6 Å². The second kappa shape index (κ2) is 8.82. The average molecular weight is 282 g/mol. The van der Waals surface area contributed by atoms with Gasteiger partial charge in [-0.3, -0.25) is 4.79 Å². The number of hydrogen-bond acceptors (Lipinski definition) is 4. The number of thioether (sulfide) groups is 1. The molecule has 1 unspecified atom stereocenters. The van der Waals surface area contributed by atoms with Crippen LogP contribution >= 0.6 is 11.8 Å². The smallest absolute Gasteiger partial charge is 0.255 e. The molecule has 1 atom stereocenters. The number of rotatable bonds is 9. The van der Waals surface area contributed by atoms with Crippen LogP contribution in [0.2, 0.25) is 0 Å². The maximum absolute atomic E-state index is 10.6. The highest BCUT2D eigenvalue weighted by Gasteiger charge is 2.04. The number of hydrogen-bond donors (Lipinski definition) is 2. The molecule has 5 heteroatoms. The number of ether oxygens (including phenoxy) is 1. The van der Waals surface area contributed by atoms with Gasteiger partial charge in [-0.25, -0.2) is 0 Å². The van der Waals surface area contributed by atoms with Gasteiger partial charge in [-0.2, -0.15) is 11.8 Å². The Balaban J connectivity index is 2.41. The summed E-state index contributed by atoms with van der Waals surface area (Å²) in [5.41, 5.74) is 6.22. The largest absolute Gasteiger partial charge is 0.484 e. The number of benzene rings is 1. The van der Waals surface area contributed by atoms with Gasteiger partial charge in [0.25, 0.3) is 5.91 Å². The summed E-state index contributed by atoms with van der Waals surface area (Å²) in [5.74, 6) is 1.32. The van der Waals surface area contributed by atoms with E-state index in [9.17, 15) is 4.79 Å². The van der Waals surface area contributed by atoms with E-state index in [1.165, 1.54) is 5.56 Å². The van der Waals surface area contributed by atoms with Crippen LogP contribution in [-0.4, -0.2) is 30.6 Å². The highest BCUT2D eigenvalue weighted by molar-refractivity contribution is 7.98. The van der Waals surface area contributed by atoms with Crippen molar-refractivity contribution in [1.82, 2.24) is 5.32 Å². The standard InChI is InChI=1S/C14H22N2O2S/c1-3-12(10-19-2)16-8-11-4-6-13(7-5-11)18-9-14(15)17/h4-7,12,16H,3,8-10H2,1-2H3,(H2,15,17). The zero-order chi connectivity index (χ0) is 14.1. The van der Waals surface area contributed by atoms with Crippen LogP contribution in [0.5, 0.6) is 5.75 Å². The maximum atomic E-state index is 10.6. The van der Waals surface area contributed by atoms with Gasteiger partial charge in [0.2, 0.25) is 0 Å². The van der Waals surface area contributed by atoms with Crippen LogP contribution < -0.4 is 15.8 Å². The van der Waals surface area contributed by atoms with E-state index in [0.29, 0.717) is 11.8 Å². The third kappa shape index (κ3) is 6.50. The van der Waals surface area contributed by atoms with Gasteiger partial charge in [0.1, 0.15) is 5.75 Å². The first-order chi connectivity index (χ1) is 9.15. The van der Waals surface area contributed by atoms with E-state index in [1.807, 2.05) is 36.0 Å². The Labute approximate surface area is 119 Å². The van der Waals surface area contributed by atoms with E-state index >= 15 is 0 Å². The number of carbonyl (C=O) groups excluding carboxylic acids is 1. The summed E-state index contributed by atoms with van der Waals surface area (Å²) in [6, 6.07) is 8.25. The summed E-state index contributed by atoms with van der Waals surface area (Å²) >= 11 is 1.85. The number of nitrogens with two attached hydrogens (primary N) is 1. The second-order valence-corrected chi connectivity index (χ2v) is 5.25. The van der Waals surface area contributed by atoms with Crippen LogP contribution in [0.15, 0.2) is 24.3 Å². The molecule has 0 bridgehead atoms. The lowest BCUT2D eigenvalue weighted by Gasteiger charge is -2.15. The molecule has 0 aliphatic carbocycles. The molecule has 1 rings (SSSR count). The number of nitrogens with one attached hydrogen (secondary N) is 1. The van der Waals surface area contributed by atoms with Gasteiger partial charge in [-0.15, -0.1) is 0 Å². The molecule has 3 N–H and O–H groups in total. The third-order valence-corrected chi connectivity index (χ3v) is 3.50. The molecule has 19 heavy (non-hydrogen) atoms. The minimum atomic E-state index is -0.464. The molecule has 4 nitrogen and oxygen atoms in total. The highest BCUT2D eigenvalue weighted by atomic mass is 32.2. The van der Waals surface area contributed by atoms with E-state index in [2.05, 4.69) is 18.5 Å². The molecule has 0 aliphatic rings. The summed E-state index contributed by atoms with van der Waals surface area (Å²) in [6.45, 7) is 2.95. The van der Waals surface area contributed by atoms with Crippen molar-refractivity contribution in [1.29, 1.82) is 0 Å². The van der Waals surface area contributed by atoms with Crippen LogP contribution in [0.4, 0.5) is 0 Å². The van der Waals surface area contributed by atoms with Crippen molar-refractivity contribution in [3.05, 3.63) is 29.8 Å². The quantitative estimate of drug-likeness (QED) is 0.724. The first kappa shape index (κ1) is 15.9. The van der Waals surface area contributed by atoms with Gasteiger partial charge in [-0.05, 0) is 30.4 Å². The Kier molecular flexibility index (Phi) is 7.36.